The highest BCUT2D eigenvalue weighted by atomic mass is 16.5. The van der Waals surface area contributed by atoms with Crippen LogP contribution in [0.1, 0.15) is 69.9 Å². The Labute approximate surface area is 310 Å². The zero-order valence-electron chi connectivity index (χ0n) is 29.9. The SMILES string of the molecule is C=C(CN(CCC(c1ccccc1)c1ccccc1)C(=O)Nc1cccc(C(=O)OC)c1)CN(C(=O)Nc1cccc(C(=O)O)c1)C1CCCCC1N. The van der Waals surface area contributed by atoms with Crippen LogP contribution in [0.4, 0.5) is 21.0 Å². The number of nitrogens with two attached hydrogens (primary N) is 1. The molecule has 0 spiro atoms. The summed E-state index contributed by atoms with van der Waals surface area (Å²) in [5.74, 6) is -1.63. The molecule has 0 radical (unpaired) electrons. The van der Waals surface area contributed by atoms with E-state index in [2.05, 4.69) is 41.5 Å². The van der Waals surface area contributed by atoms with Gasteiger partial charge in [0.25, 0.3) is 0 Å². The van der Waals surface area contributed by atoms with Gasteiger partial charge in [0.15, 0.2) is 0 Å². The van der Waals surface area contributed by atoms with Crippen LogP contribution in [0, 0.1) is 0 Å². The number of hydrogen-bond acceptors (Lipinski definition) is 6. The third-order valence-corrected chi connectivity index (χ3v) is 9.53. The molecule has 276 valence electrons. The molecule has 1 aliphatic rings. The molecule has 53 heavy (non-hydrogen) atoms. The number of methoxy groups -OCH3 is 1. The number of rotatable bonds is 14. The number of carboxylic acid groups (broad SMARTS) is 1. The number of amides is 4. The molecular formula is C42H47N5O6. The van der Waals surface area contributed by atoms with Gasteiger partial charge in [-0.25, -0.2) is 19.2 Å². The minimum Gasteiger partial charge on any atom is -0.478 e. The van der Waals surface area contributed by atoms with E-state index >= 15 is 0 Å². The summed E-state index contributed by atoms with van der Waals surface area (Å²) in [6.45, 7) is 4.92. The van der Waals surface area contributed by atoms with Crippen molar-refractivity contribution >= 4 is 35.4 Å². The number of carbonyl (C=O) groups excluding carboxylic acids is 3. The zero-order chi connectivity index (χ0) is 37.7. The number of ether oxygens (including phenoxy) is 1. The Bertz CT molecular complexity index is 1850. The maximum absolute atomic E-state index is 14.1. The third-order valence-electron chi connectivity index (χ3n) is 9.53. The Hall–Kier alpha value is -5.94. The fourth-order valence-electron chi connectivity index (χ4n) is 6.83. The largest absolute Gasteiger partial charge is 0.478 e. The van der Waals surface area contributed by atoms with E-state index in [1.54, 1.807) is 46.2 Å². The van der Waals surface area contributed by atoms with Crippen LogP contribution >= 0.6 is 0 Å². The van der Waals surface area contributed by atoms with Crippen LogP contribution in [0.3, 0.4) is 0 Å². The number of anilines is 2. The van der Waals surface area contributed by atoms with Gasteiger partial charge in [0, 0.05) is 49.0 Å². The van der Waals surface area contributed by atoms with Crippen molar-refractivity contribution in [3.8, 4) is 0 Å². The smallest absolute Gasteiger partial charge is 0.337 e. The molecule has 0 bridgehead atoms. The highest BCUT2D eigenvalue weighted by Crippen LogP contribution is 2.29. The highest BCUT2D eigenvalue weighted by molar-refractivity contribution is 5.95. The van der Waals surface area contributed by atoms with Gasteiger partial charge >= 0.3 is 24.0 Å². The van der Waals surface area contributed by atoms with Crippen LogP contribution < -0.4 is 16.4 Å². The van der Waals surface area contributed by atoms with Crippen LogP contribution in [-0.4, -0.2) is 77.7 Å². The molecule has 0 heterocycles. The molecular weight excluding hydrogens is 670 g/mol. The molecule has 2 atom stereocenters. The van der Waals surface area contributed by atoms with E-state index in [1.807, 2.05) is 36.4 Å². The van der Waals surface area contributed by atoms with Crippen molar-refractivity contribution in [1.29, 1.82) is 0 Å². The summed E-state index contributed by atoms with van der Waals surface area (Å²) in [5.41, 5.74) is 10.5. The lowest BCUT2D eigenvalue weighted by Crippen LogP contribution is -2.54. The number of hydrogen-bond donors (Lipinski definition) is 4. The van der Waals surface area contributed by atoms with Crippen molar-refractivity contribution in [3.63, 3.8) is 0 Å². The molecule has 0 aliphatic heterocycles. The number of nitrogens with one attached hydrogen (secondary N) is 2. The first kappa shape index (κ1) is 38.3. The number of esters is 1. The van der Waals surface area contributed by atoms with Crippen molar-refractivity contribution in [1.82, 2.24) is 9.80 Å². The van der Waals surface area contributed by atoms with E-state index in [0.29, 0.717) is 41.9 Å². The first-order valence-electron chi connectivity index (χ1n) is 17.8. The van der Waals surface area contributed by atoms with Crippen LogP contribution in [0.15, 0.2) is 121 Å². The summed E-state index contributed by atoms with van der Waals surface area (Å²) in [4.78, 5) is 55.1. The van der Waals surface area contributed by atoms with Gasteiger partial charge < -0.3 is 36.0 Å². The minimum absolute atomic E-state index is 0.00676. The molecule has 0 aromatic heterocycles. The van der Waals surface area contributed by atoms with Gasteiger partial charge in [-0.2, -0.15) is 0 Å². The van der Waals surface area contributed by atoms with Gasteiger partial charge in [0.2, 0.25) is 0 Å². The molecule has 11 nitrogen and oxygen atoms in total. The van der Waals surface area contributed by atoms with Gasteiger partial charge in [0.1, 0.15) is 0 Å². The standard InChI is InChI=1S/C42H47N5O6/c1-29(28-47(38-22-10-9-21-37(38)43)42(52)45-34-19-11-17-32(25-34)39(48)49)27-46(41(51)44-35-20-12-18-33(26-35)40(50)53-2)24-23-36(30-13-5-3-6-14-30)31-15-7-4-8-16-31/h3-8,11-20,25-26,36-38H,1,9-10,21-24,27-28,43H2,2H3,(H,44,51)(H,45,52)(H,48,49). The Balaban J connectivity index is 1.40. The topological polar surface area (TPSA) is 154 Å². The normalized spacial score (nSPS) is 15.2. The van der Waals surface area contributed by atoms with Gasteiger partial charge in [-0.1, -0.05) is 92.2 Å². The average Bonchev–Trinajstić information content (AvgIpc) is 3.17. The molecule has 4 aromatic carbocycles. The number of nitrogens with zero attached hydrogens (tertiary/aromatic N) is 2. The van der Waals surface area contributed by atoms with Crippen molar-refractivity contribution in [2.24, 2.45) is 5.73 Å². The van der Waals surface area contributed by atoms with E-state index in [0.717, 1.165) is 30.4 Å². The van der Waals surface area contributed by atoms with Gasteiger partial charge in [-0.05, 0) is 72.4 Å². The lowest BCUT2D eigenvalue weighted by Gasteiger charge is -2.39. The maximum Gasteiger partial charge on any atom is 0.337 e. The summed E-state index contributed by atoms with van der Waals surface area (Å²) >= 11 is 0. The maximum atomic E-state index is 14.1. The molecule has 11 heteroatoms. The number of carboxylic acids is 1. The Morgan fingerprint density at radius 1 is 0.792 bits per heavy atom. The molecule has 4 aromatic rings. The van der Waals surface area contributed by atoms with E-state index in [9.17, 15) is 24.3 Å². The lowest BCUT2D eigenvalue weighted by molar-refractivity contribution is 0.0599. The number of carbonyl (C=O) groups is 4. The van der Waals surface area contributed by atoms with E-state index in [-0.39, 0.29) is 36.7 Å². The molecule has 5 N–H and O–H groups in total. The van der Waals surface area contributed by atoms with E-state index in [4.69, 9.17) is 10.5 Å². The van der Waals surface area contributed by atoms with Crippen LogP contribution in [0.5, 0.6) is 0 Å². The fourth-order valence-corrected chi connectivity index (χ4v) is 6.83. The molecule has 2 unspecified atom stereocenters. The molecule has 1 saturated carbocycles. The predicted octanol–water partition coefficient (Wildman–Crippen LogP) is 7.59. The van der Waals surface area contributed by atoms with E-state index in [1.165, 1.54) is 19.2 Å². The second-order valence-corrected chi connectivity index (χ2v) is 13.3. The molecule has 5 rings (SSSR count). The molecule has 0 saturated heterocycles. The van der Waals surface area contributed by atoms with E-state index < -0.39 is 24.0 Å². The second-order valence-electron chi connectivity index (χ2n) is 13.3. The van der Waals surface area contributed by atoms with Crippen molar-refractivity contribution in [2.75, 3.05) is 37.4 Å². The van der Waals surface area contributed by atoms with Crippen molar-refractivity contribution < 1.29 is 29.0 Å². The third kappa shape index (κ3) is 10.6. The monoisotopic (exact) mass is 717 g/mol. The molecule has 1 aliphatic carbocycles. The van der Waals surface area contributed by atoms with Crippen LogP contribution in [0.25, 0.3) is 0 Å². The number of aromatic carboxylic acids is 1. The Kier molecular flexibility index (Phi) is 13.4. The summed E-state index contributed by atoms with van der Waals surface area (Å²) in [5, 5.41) is 15.3. The minimum atomic E-state index is -1.10. The van der Waals surface area contributed by atoms with Crippen molar-refractivity contribution in [3.05, 3.63) is 144 Å². The quantitative estimate of drug-likeness (QED) is 0.0774. The second kappa shape index (κ2) is 18.5. The number of urea groups is 2. The first-order chi connectivity index (χ1) is 25.6. The van der Waals surface area contributed by atoms with Crippen molar-refractivity contribution in [2.45, 2.75) is 50.1 Å². The van der Waals surface area contributed by atoms with Gasteiger partial charge in [0.05, 0.1) is 18.2 Å². The summed E-state index contributed by atoms with van der Waals surface area (Å²) in [6.07, 6.45) is 3.92. The predicted molar refractivity (Wildman–Crippen MR) is 206 cm³/mol. The summed E-state index contributed by atoms with van der Waals surface area (Å²) in [6, 6.07) is 31.5. The Morgan fingerprint density at radius 3 is 1.94 bits per heavy atom. The molecule has 1 fully saturated rings. The zero-order valence-corrected chi connectivity index (χ0v) is 29.9. The Morgan fingerprint density at radius 2 is 1.36 bits per heavy atom. The summed E-state index contributed by atoms with van der Waals surface area (Å²) in [7, 11) is 1.30. The highest BCUT2D eigenvalue weighted by Gasteiger charge is 2.32. The first-order valence-corrected chi connectivity index (χ1v) is 17.8. The number of benzene rings is 4. The van der Waals surface area contributed by atoms with Crippen LogP contribution in [0.2, 0.25) is 0 Å². The molecule has 4 amide bonds. The average molecular weight is 718 g/mol. The van der Waals surface area contributed by atoms with Gasteiger partial charge in [-0.3, -0.25) is 0 Å². The van der Waals surface area contributed by atoms with Gasteiger partial charge in [-0.15, -0.1) is 0 Å². The van der Waals surface area contributed by atoms with Crippen LogP contribution in [-0.2, 0) is 4.74 Å². The summed E-state index contributed by atoms with van der Waals surface area (Å²) < 4.78 is 4.87. The lowest BCUT2D eigenvalue weighted by atomic mass is 9.88. The fraction of sp³-hybridized carbons (Fsp3) is 0.286.